The minimum atomic E-state index is -3.30. The monoisotopic (exact) mass is 336 g/mol. The maximum absolute atomic E-state index is 12.6. The maximum atomic E-state index is 12.6. The summed E-state index contributed by atoms with van der Waals surface area (Å²) in [7, 11) is -1.56. The molecule has 1 fully saturated rings. The first-order valence-corrected chi connectivity index (χ1v) is 9.76. The van der Waals surface area contributed by atoms with Crippen LogP contribution in [0.1, 0.15) is 18.4 Å². The molecule has 1 aromatic rings. The second-order valence-corrected chi connectivity index (χ2v) is 7.95. The third-order valence-corrected chi connectivity index (χ3v) is 6.21. The highest BCUT2D eigenvalue weighted by atomic mass is 32.2. The van der Waals surface area contributed by atoms with Crippen LogP contribution >= 0.6 is 0 Å². The topological polar surface area (TPSA) is 65.0 Å². The van der Waals surface area contributed by atoms with Crippen LogP contribution in [0, 0.1) is 0 Å². The van der Waals surface area contributed by atoms with Crippen molar-refractivity contribution in [1.29, 1.82) is 0 Å². The largest absolute Gasteiger partial charge is 0.355 e. The first-order chi connectivity index (χ1) is 11.1. The summed E-state index contributed by atoms with van der Waals surface area (Å²) in [5.41, 5.74) is 1.94. The number of anilines is 1. The SMILES string of the molecule is CN=C(NCCS(=O)(=O)N1CCc2ccccc21)N1CCCC1. The molecular weight excluding hydrogens is 312 g/mol. The fourth-order valence-corrected chi connectivity index (χ4v) is 4.69. The normalized spacial score (nSPS) is 18.4. The van der Waals surface area contributed by atoms with Gasteiger partial charge in [0.1, 0.15) is 0 Å². The molecule has 7 heteroatoms. The van der Waals surface area contributed by atoms with Crippen molar-refractivity contribution in [1.82, 2.24) is 10.2 Å². The minimum Gasteiger partial charge on any atom is -0.355 e. The Balaban J connectivity index is 1.59. The average Bonchev–Trinajstić information content (AvgIpc) is 3.21. The number of aliphatic imine (C=N–C) groups is 1. The van der Waals surface area contributed by atoms with E-state index < -0.39 is 10.0 Å². The number of hydrogen-bond acceptors (Lipinski definition) is 3. The van der Waals surface area contributed by atoms with Crippen LogP contribution in [0.3, 0.4) is 0 Å². The van der Waals surface area contributed by atoms with Crippen LogP contribution in [0.4, 0.5) is 5.69 Å². The third-order valence-electron chi connectivity index (χ3n) is 4.44. The van der Waals surface area contributed by atoms with E-state index in [0.717, 1.165) is 36.7 Å². The minimum absolute atomic E-state index is 0.0776. The standard InChI is InChI=1S/C16H24N4O2S/c1-17-16(19-10-4-5-11-19)18-9-13-23(21,22)20-12-8-14-6-2-3-7-15(14)20/h2-3,6-7H,4-5,8-13H2,1H3,(H,17,18). The van der Waals surface area contributed by atoms with Crippen LogP contribution in [-0.2, 0) is 16.4 Å². The zero-order valence-electron chi connectivity index (χ0n) is 13.5. The van der Waals surface area contributed by atoms with Crippen molar-refractivity contribution in [2.45, 2.75) is 19.3 Å². The molecule has 23 heavy (non-hydrogen) atoms. The number of likely N-dealkylation sites (tertiary alicyclic amines) is 1. The molecule has 2 aliphatic rings. The van der Waals surface area contributed by atoms with E-state index in [-0.39, 0.29) is 5.75 Å². The molecule has 2 heterocycles. The molecule has 0 aliphatic carbocycles. The van der Waals surface area contributed by atoms with Gasteiger partial charge in [0.15, 0.2) is 5.96 Å². The van der Waals surface area contributed by atoms with Crippen molar-refractivity contribution >= 4 is 21.7 Å². The van der Waals surface area contributed by atoms with Crippen LogP contribution in [0.5, 0.6) is 0 Å². The molecule has 0 aromatic heterocycles. The molecule has 2 aliphatic heterocycles. The summed E-state index contributed by atoms with van der Waals surface area (Å²) in [4.78, 5) is 6.42. The van der Waals surface area contributed by atoms with Crippen LogP contribution in [-0.4, -0.2) is 58.3 Å². The van der Waals surface area contributed by atoms with E-state index in [4.69, 9.17) is 0 Å². The number of sulfonamides is 1. The quantitative estimate of drug-likeness (QED) is 0.659. The molecule has 1 N–H and O–H groups in total. The molecule has 126 valence electrons. The smallest absolute Gasteiger partial charge is 0.236 e. The first kappa shape index (κ1) is 16.1. The number of hydrogen-bond donors (Lipinski definition) is 1. The zero-order valence-corrected chi connectivity index (χ0v) is 14.3. The summed E-state index contributed by atoms with van der Waals surface area (Å²) in [6.45, 7) is 2.91. The predicted molar refractivity (Wildman–Crippen MR) is 93.4 cm³/mol. The first-order valence-electron chi connectivity index (χ1n) is 8.16. The van der Waals surface area contributed by atoms with Gasteiger partial charge in [-0.15, -0.1) is 0 Å². The van der Waals surface area contributed by atoms with Crippen molar-refractivity contribution in [3.8, 4) is 0 Å². The fraction of sp³-hybridized carbons (Fsp3) is 0.562. The summed E-state index contributed by atoms with van der Waals surface area (Å²) in [5.74, 6) is 0.883. The van der Waals surface area contributed by atoms with Gasteiger partial charge in [0, 0.05) is 33.2 Å². The van der Waals surface area contributed by atoms with Crippen LogP contribution in [0.2, 0.25) is 0 Å². The van der Waals surface area contributed by atoms with Gasteiger partial charge >= 0.3 is 0 Å². The van der Waals surface area contributed by atoms with E-state index in [9.17, 15) is 8.42 Å². The van der Waals surface area contributed by atoms with Crippen molar-refractivity contribution in [3.05, 3.63) is 29.8 Å². The average molecular weight is 336 g/mol. The van der Waals surface area contributed by atoms with Crippen molar-refractivity contribution in [3.63, 3.8) is 0 Å². The van der Waals surface area contributed by atoms with Gasteiger partial charge in [-0.2, -0.15) is 0 Å². The third kappa shape index (κ3) is 3.44. The summed E-state index contributed by atoms with van der Waals surface area (Å²) in [6, 6.07) is 7.73. The molecule has 3 rings (SSSR count). The second kappa shape index (κ2) is 6.78. The highest BCUT2D eigenvalue weighted by molar-refractivity contribution is 7.92. The highest BCUT2D eigenvalue weighted by Crippen LogP contribution is 2.29. The van der Waals surface area contributed by atoms with E-state index in [1.807, 2.05) is 24.3 Å². The van der Waals surface area contributed by atoms with E-state index in [0.29, 0.717) is 13.1 Å². The number of rotatable bonds is 4. The van der Waals surface area contributed by atoms with E-state index in [1.165, 1.54) is 12.8 Å². The lowest BCUT2D eigenvalue weighted by atomic mass is 10.2. The van der Waals surface area contributed by atoms with Gasteiger partial charge < -0.3 is 10.2 Å². The number of fused-ring (bicyclic) bond motifs is 1. The van der Waals surface area contributed by atoms with E-state index in [2.05, 4.69) is 15.2 Å². The van der Waals surface area contributed by atoms with Crippen LogP contribution < -0.4 is 9.62 Å². The van der Waals surface area contributed by atoms with Gasteiger partial charge in [0.25, 0.3) is 0 Å². The number of guanidine groups is 1. The van der Waals surface area contributed by atoms with Crippen molar-refractivity contribution < 1.29 is 8.42 Å². The molecule has 0 atom stereocenters. The fourth-order valence-electron chi connectivity index (χ4n) is 3.26. The van der Waals surface area contributed by atoms with Gasteiger partial charge in [-0.3, -0.25) is 9.30 Å². The zero-order chi connectivity index (χ0) is 16.3. The van der Waals surface area contributed by atoms with Gasteiger partial charge in [-0.1, -0.05) is 18.2 Å². The Labute approximate surface area is 138 Å². The molecule has 0 amide bonds. The Bertz CT molecular complexity index is 681. The van der Waals surface area contributed by atoms with Gasteiger partial charge in [0.2, 0.25) is 10.0 Å². The highest BCUT2D eigenvalue weighted by Gasteiger charge is 2.28. The molecule has 1 aromatic carbocycles. The Kier molecular flexibility index (Phi) is 4.75. The maximum Gasteiger partial charge on any atom is 0.236 e. The summed E-state index contributed by atoms with van der Waals surface area (Å²) >= 11 is 0. The number of benzene rings is 1. The molecule has 0 saturated carbocycles. The molecule has 0 unspecified atom stereocenters. The van der Waals surface area contributed by atoms with Crippen LogP contribution in [0.15, 0.2) is 29.3 Å². The molecule has 0 spiro atoms. The van der Waals surface area contributed by atoms with Gasteiger partial charge in [-0.25, -0.2) is 8.42 Å². The lowest BCUT2D eigenvalue weighted by molar-refractivity contribution is 0.495. The predicted octanol–water partition coefficient (Wildman–Crippen LogP) is 1.05. The Morgan fingerprint density at radius 1 is 1.22 bits per heavy atom. The van der Waals surface area contributed by atoms with Gasteiger partial charge in [0.05, 0.1) is 11.4 Å². The Morgan fingerprint density at radius 2 is 1.96 bits per heavy atom. The number of nitrogens with one attached hydrogen (secondary N) is 1. The van der Waals surface area contributed by atoms with E-state index in [1.54, 1.807) is 11.4 Å². The Morgan fingerprint density at radius 3 is 2.70 bits per heavy atom. The number of nitrogens with zero attached hydrogens (tertiary/aromatic N) is 3. The van der Waals surface area contributed by atoms with E-state index >= 15 is 0 Å². The second-order valence-electron chi connectivity index (χ2n) is 5.94. The molecular formula is C16H24N4O2S. The lowest BCUT2D eigenvalue weighted by Crippen LogP contribution is -2.43. The molecule has 0 bridgehead atoms. The van der Waals surface area contributed by atoms with Crippen molar-refractivity contribution in [2.24, 2.45) is 4.99 Å². The summed E-state index contributed by atoms with van der Waals surface area (Å²) in [6.07, 6.45) is 3.13. The summed E-state index contributed by atoms with van der Waals surface area (Å²) < 4.78 is 26.8. The van der Waals surface area contributed by atoms with Gasteiger partial charge in [-0.05, 0) is 30.9 Å². The molecule has 0 radical (unpaired) electrons. The van der Waals surface area contributed by atoms with Crippen molar-refractivity contribution in [2.75, 3.05) is 43.3 Å². The molecule has 1 saturated heterocycles. The summed E-state index contributed by atoms with van der Waals surface area (Å²) in [5, 5.41) is 3.18. The Hall–Kier alpha value is -1.76. The number of para-hydroxylation sites is 1. The van der Waals surface area contributed by atoms with Crippen LogP contribution in [0.25, 0.3) is 0 Å². The lowest BCUT2D eigenvalue weighted by Gasteiger charge is -2.22. The molecule has 6 nitrogen and oxygen atoms in total.